The Morgan fingerprint density at radius 3 is 2.32 bits per heavy atom. The van der Waals surface area contributed by atoms with Gasteiger partial charge in [0.15, 0.2) is 0 Å². The van der Waals surface area contributed by atoms with E-state index in [9.17, 15) is 0 Å². The predicted molar refractivity (Wildman–Crippen MR) is 147 cm³/mol. The summed E-state index contributed by atoms with van der Waals surface area (Å²) in [5.41, 5.74) is 2.12. The smallest absolute Gasteiger partial charge is 0.124 e. The van der Waals surface area contributed by atoms with Gasteiger partial charge in [0.05, 0.1) is 0 Å². The fourth-order valence-corrected chi connectivity index (χ4v) is 4.63. The van der Waals surface area contributed by atoms with E-state index < -0.39 is 0 Å². The van der Waals surface area contributed by atoms with Crippen LogP contribution in [-0.4, -0.2) is 31.1 Å². The summed E-state index contributed by atoms with van der Waals surface area (Å²) in [7, 11) is 0. The number of rotatable bonds is 15. The van der Waals surface area contributed by atoms with Crippen LogP contribution >= 0.6 is 23.2 Å². The van der Waals surface area contributed by atoms with Gasteiger partial charge in [-0.2, -0.15) is 0 Å². The SMILES string of the molecule is CCCCN(CCCC)CCCNCc1c(OCc2ccc(Cl)cc2Cl)ccc2ccccc12. The molecule has 3 aromatic carbocycles. The summed E-state index contributed by atoms with van der Waals surface area (Å²) in [5, 5.41) is 7.38. The van der Waals surface area contributed by atoms with Crippen molar-refractivity contribution in [3.8, 4) is 5.75 Å². The van der Waals surface area contributed by atoms with E-state index in [2.05, 4.69) is 60.5 Å². The summed E-state index contributed by atoms with van der Waals surface area (Å²) in [4.78, 5) is 2.62. The first-order valence-electron chi connectivity index (χ1n) is 12.6. The zero-order chi connectivity index (χ0) is 24.2. The van der Waals surface area contributed by atoms with Crippen molar-refractivity contribution < 1.29 is 4.74 Å². The van der Waals surface area contributed by atoms with Crippen LogP contribution in [0.4, 0.5) is 0 Å². The Morgan fingerprint density at radius 1 is 0.853 bits per heavy atom. The van der Waals surface area contributed by atoms with Gasteiger partial charge >= 0.3 is 0 Å². The predicted octanol–water partition coefficient (Wildman–Crippen LogP) is 8.11. The standard InChI is InChI=1S/C29H38Cl2N2O/c1-3-5-17-33(18-6-4-2)19-9-16-32-21-27-26-11-8-7-10-23(26)13-15-29(27)34-22-24-12-14-25(30)20-28(24)31/h7-8,10-15,20,32H,3-6,9,16-19,21-22H2,1-2H3. The monoisotopic (exact) mass is 500 g/mol. The molecule has 1 N–H and O–H groups in total. The molecule has 0 aliphatic heterocycles. The maximum absolute atomic E-state index is 6.36. The second-order valence-corrected chi connectivity index (χ2v) is 9.71. The molecule has 0 saturated heterocycles. The molecule has 184 valence electrons. The molecule has 0 unspecified atom stereocenters. The summed E-state index contributed by atoms with van der Waals surface area (Å²) in [6, 6.07) is 18.2. The van der Waals surface area contributed by atoms with E-state index in [1.807, 2.05) is 12.1 Å². The van der Waals surface area contributed by atoms with E-state index >= 15 is 0 Å². The zero-order valence-electron chi connectivity index (χ0n) is 20.6. The van der Waals surface area contributed by atoms with E-state index in [1.54, 1.807) is 6.07 Å². The number of halogens is 2. The van der Waals surface area contributed by atoms with Crippen molar-refractivity contribution in [3.63, 3.8) is 0 Å². The third kappa shape index (κ3) is 8.16. The number of nitrogens with one attached hydrogen (secondary N) is 1. The molecule has 0 heterocycles. The van der Waals surface area contributed by atoms with Crippen LogP contribution in [0.15, 0.2) is 54.6 Å². The van der Waals surface area contributed by atoms with E-state index in [0.29, 0.717) is 16.7 Å². The fourth-order valence-electron chi connectivity index (χ4n) is 4.17. The van der Waals surface area contributed by atoms with Crippen LogP contribution in [0.2, 0.25) is 10.0 Å². The first kappa shape index (κ1) is 26.8. The number of hydrogen-bond acceptors (Lipinski definition) is 3. The second-order valence-electron chi connectivity index (χ2n) is 8.87. The van der Waals surface area contributed by atoms with Gasteiger partial charge in [-0.15, -0.1) is 0 Å². The number of nitrogens with zero attached hydrogens (tertiary/aromatic N) is 1. The molecular formula is C29H38Cl2N2O. The normalized spacial score (nSPS) is 11.4. The lowest BCUT2D eigenvalue weighted by Crippen LogP contribution is -2.29. The van der Waals surface area contributed by atoms with E-state index in [-0.39, 0.29) is 0 Å². The summed E-state index contributed by atoms with van der Waals surface area (Å²) < 4.78 is 6.26. The van der Waals surface area contributed by atoms with Crippen LogP contribution in [0.25, 0.3) is 10.8 Å². The lowest BCUT2D eigenvalue weighted by molar-refractivity contribution is 0.260. The summed E-state index contributed by atoms with van der Waals surface area (Å²) in [6.45, 7) is 10.3. The van der Waals surface area contributed by atoms with Crippen molar-refractivity contribution in [1.82, 2.24) is 10.2 Å². The summed E-state index contributed by atoms with van der Waals surface area (Å²) in [5.74, 6) is 0.893. The van der Waals surface area contributed by atoms with Crippen LogP contribution in [0.1, 0.15) is 57.1 Å². The molecule has 34 heavy (non-hydrogen) atoms. The minimum absolute atomic E-state index is 0.408. The number of fused-ring (bicyclic) bond motifs is 1. The Hall–Kier alpha value is -1.78. The first-order valence-corrected chi connectivity index (χ1v) is 13.4. The Morgan fingerprint density at radius 2 is 1.59 bits per heavy atom. The molecule has 5 heteroatoms. The van der Waals surface area contributed by atoms with Crippen molar-refractivity contribution in [1.29, 1.82) is 0 Å². The van der Waals surface area contributed by atoms with Crippen LogP contribution in [-0.2, 0) is 13.2 Å². The van der Waals surface area contributed by atoms with Crippen molar-refractivity contribution >= 4 is 34.0 Å². The van der Waals surface area contributed by atoms with Crippen LogP contribution in [0.3, 0.4) is 0 Å². The van der Waals surface area contributed by atoms with Crippen molar-refractivity contribution in [3.05, 3.63) is 75.8 Å². The van der Waals surface area contributed by atoms with Gasteiger partial charge in [0, 0.05) is 27.7 Å². The molecule has 0 bridgehead atoms. The summed E-state index contributed by atoms with van der Waals surface area (Å²) >= 11 is 12.4. The summed E-state index contributed by atoms with van der Waals surface area (Å²) in [6.07, 6.45) is 6.23. The highest BCUT2D eigenvalue weighted by atomic mass is 35.5. The first-order chi connectivity index (χ1) is 16.6. The second kappa shape index (κ2) is 14.6. The van der Waals surface area contributed by atoms with Gasteiger partial charge < -0.3 is 15.0 Å². The molecule has 0 radical (unpaired) electrons. The minimum atomic E-state index is 0.408. The number of ether oxygens (including phenoxy) is 1. The number of benzene rings is 3. The molecular weight excluding hydrogens is 463 g/mol. The van der Waals surface area contributed by atoms with Crippen molar-refractivity contribution in [2.75, 3.05) is 26.2 Å². The molecule has 0 aliphatic rings. The molecule has 3 aromatic rings. The highest BCUT2D eigenvalue weighted by Crippen LogP contribution is 2.30. The minimum Gasteiger partial charge on any atom is -0.488 e. The Labute approximate surface area is 215 Å². The third-order valence-corrected chi connectivity index (χ3v) is 6.77. The van der Waals surface area contributed by atoms with Crippen LogP contribution in [0, 0.1) is 0 Å². The van der Waals surface area contributed by atoms with Gasteiger partial charge in [-0.3, -0.25) is 0 Å². The molecule has 3 rings (SSSR count). The van der Waals surface area contributed by atoms with Crippen molar-refractivity contribution in [2.45, 2.75) is 59.1 Å². The van der Waals surface area contributed by atoms with Crippen molar-refractivity contribution in [2.24, 2.45) is 0 Å². The highest BCUT2D eigenvalue weighted by molar-refractivity contribution is 6.35. The molecule has 0 atom stereocenters. The van der Waals surface area contributed by atoms with Gasteiger partial charge in [-0.1, -0.05) is 86.3 Å². The molecule has 0 aromatic heterocycles. The number of hydrogen-bond donors (Lipinski definition) is 1. The molecule has 3 nitrogen and oxygen atoms in total. The van der Waals surface area contributed by atoms with E-state index in [4.69, 9.17) is 27.9 Å². The highest BCUT2D eigenvalue weighted by Gasteiger charge is 2.11. The maximum atomic E-state index is 6.36. The van der Waals surface area contributed by atoms with Crippen LogP contribution < -0.4 is 10.1 Å². The fraction of sp³-hybridized carbons (Fsp3) is 0.448. The van der Waals surface area contributed by atoms with E-state index in [1.165, 1.54) is 55.1 Å². The topological polar surface area (TPSA) is 24.5 Å². The lowest BCUT2D eigenvalue weighted by Gasteiger charge is -2.22. The maximum Gasteiger partial charge on any atom is 0.124 e. The van der Waals surface area contributed by atoms with Gasteiger partial charge in [-0.25, -0.2) is 0 Å². The molecule has 0 amide bonds. The Balaban J connectivity index is 1.62. The lowest BCUT2D eigenvalue weighted by atomic mass is 10.0. The molecule has 0 aliphatic carbocycles. The zero-order valence-corrected chi connectivity index (χ0v) is 22.1. The van der Waals surface area contributed by atoms with Gasteiger partial charge in [0.25, 0.3) is 0 Å². The van der Waals surface area contributed by atoms with Gasteiger partial charge in [-0.05, 0) is 74.4 Å². The van der Waals surface area contributed by atoms with Gasteiger partial charge in [0.2, 0.25) is 0 Å². The molecule has 0 spiro atoms. The number of unbranched alkanes of at least 4 members (excludes halogenated alkanes) is 2. The quantitative estimate of drug-likeness (QED) is 0.213. The molecule has 0 saturated carbocycles. The Kier molecular flexibility index (Phi) is 11.5. The average Bonchev–Trinajstić information content (AvgIpc) is 2.85. The van der Waals surface area contributed by atoms with Gasteiger partial charge in [0.1, 0.15) is 12.4 Å². The average molecular weight is 502 g/mol. The van der Waals surface area contributed by atoms with E-state index in [0.717, 1.165) is 37.4 Å². The molecule has 0 fully saturated rings. The van der Waals surface area contributed by atoms with Crippen LogP contribution in [0.5, 0.6) is 5.75 Å². The third-order valence-electron chi connectivity index (χ3n) is 6.18. The Bertz CT molecular complexity index is 1020. The largest absolute Gasteiger partial charge is 0.488 e.